The first-order valence-corrected chi connectivity index (χ1v) is 7.79. The predicted octanol–water partition coefficient (Wildman–Crippen LogP) is 2.16. The second kappa shape index (κ2) is 6.80. The molecule has 0 spiro atoms. The molecule has 1 aliphatic heterocycles. The Hall–Kier alpha value is -2.09. The maximum Gasteiger partial charge on any atom is 0.340 e. The van der Waals surface area contributed by atoms with E-state index in [1.807, 2.05) is 24.3 Å². The summed E-state index contributed by atoms with van der Waals surface area (Å²) in [6.07, 6.45) is 1.03. The number of H-pyrrole nitrogens is 2. The van der Waals surface area contributed by atoms with Gasteiger partial charge in [0, 0.05) is 23.0 Å². The maximum atomic E-state index is 11.3. The van der Waals surface area contributed by atoms with Crippen molar-refractivity contribution in [3.63, 3.8) is 0 Å². The average Bonchev–Trinajstić information content (AvgIpc) is 3.19. The molecular formula is C15H16Cl2N6O. The summed E-state index contributed by atoms with van der Waals surface area (Å²) in [5.41, 5.74) is 0.249. The van der Waals surface area contributed by atoms with Crippen LogP contribution in [0.1, 0.15) is 6.42 Å². The highest BCUT2D eigenvalue weighted by Gasteiger charge is 2.17. The van der Waals surface area contributed by atoms with Crippen LogP contribution in [0.5, 0.6) is 0 Å². The van der Waals surface area contributed by atoms with Crippen molar-refractivity contribution in [1.29, 1.82) is 0 Å². The van der Waals surface area contributed by atoms with Crippen LogP contribution in [0.25, 0.3) is 22.3 Å². The van der Waals surface area contributed by atoms with Gasteiger partial charge in [0.25, 0.3) is 0 Å². The molecule has 4 N–H and O–H groups in total. The van der Waals surface area contributed by atoms with Gasteiger partial charge in [-0.15, -0.1) is 12.4 Å². The Balaban J connectivity index is 0.00000169. The Bertz CT molecular complexity index is 916. The molecule has 3 heterocycles. The van der Waals surface area contributed by atoms with Crippen molar-refractivity contribution in [1.82, 2.24) is 25.5 Å². The second-order valence-electron chi connectivity index (χ2n) is 5.58. The van der Waals surface area contributed by atoms with Gasteiger partial charge in [-0.3, -0.25) is 4.98 Å². The molecule has 1 atom stereocenters. The van der Waals surface area contributed by atoms with Crippen LogP contribution >= 0.6 is 24.0 Å². The summed E-state index contributed by atoms with van der Waals surface area (Å²) in [6.45, 7) is 1.88. The molecule has 0 unspecified atom stereocenters. The first-order chi connectivity index (χ1) is 11.2. The lowest BCUT2D eigenvalue weighted by molar-refractivity contribution is 0.789. The largest absolute Gasteiger partial charge is 0.365 e. The molecule has 1 saturated heterocycles. The summed E-state index contributed by atoms with van der Waals surface area (Å²) in [4.78, 5) is 18.6. The quantitative estimate of drug-likeness (QED) is 0.569. The molecule has 1 aromatic carbocycles. The van der Waals surface area contributed by atoms with E-state index in [-0.39, 0.29) is 18.1 Å². The van der Waals surface area contributed by atoms with Gasteiger partial charge in [0.15, 0.2) is 5.82 Å². The van der Waals surface area contributed by atoms with Crippen LogP contribution in [0.15, 0.2) is 29.1 Å². The highest BCUT2D eigenvalue weighted by atomic mass is 35.5. The summed E-state index contributed by atoms with van der Waals surface area (Å²) in [5.74, 6) is 1.16. The van der Waals surface area contributed by atoms with Crippen molar-refractivity contribution in [2.24, 2.45) is 0 Å². The lowest BCUT2D eigenvalue weighted by Crippen LogP contribution is -2.23. The molecule has 2 aromatic heterocycles. The van der Waals surface area contributed by atoms with E-state index in [9.17, 15) is 4.79 Å². The van der Waals surface area contributed by atoms with Crippen LogP contribution in [-0.2, 0) is 0 Å². The number of fused-ring (bicyclic) bond motifs is 1. The fourth-order valence-corrected chi connectivity index (χ4v) is 2.99. The van der Waals surface area contributed by atoms with Crippen LogP contribution in [0, 0.1) is 0 Å². The number of benzene rings is 1. The summed E-state index contributed by atoms with van der Waals surface area (Å²) in [5, 5.41) is 15.7. The third-order valence-corrected chi connectivity index (χ3v) is 4.17. The average molecular weight is 367 g/mol. The number of aromatic amines is 2. The van der Waals surface area contributed by atoms with Crippen LogP contribution in [0.4, 0.5) is 5.82 Å². The van der Waals surface area contributed by atoms with Crippen molar-refractivity contribution in [3.05, 3.63) is 39.8 Å². The number of hydrogen-bond acceptors (Lipinski definition) is 5. The Morgan fingerprint density at radius 2 is 2.17 bits per heavy atom. The van der Waals surface area contributed by atoms with Gasteiger partial charge in [-0.1, -0.05) is 17.7 Å². The first kappa shape index (κ1) is 16.8. The van der Waals surface area contributed by atoms with E-state index in [1.165, 1.54) is 0 Å². The van der Waals surface area contributed by atoms with E-state index in [0.29, 0.717) is 22.6 Å². The van der Waals surface area contributed by atoms with Gasteiger partial charge >= 0.3 is 5.69 Å². The Morgan fingerprint density at radius 1 is 1.29 bits per heavy atom. The zero-order valence-corrected chi connectivity index (χ0v) is 14.2. The number of rotatable bonds is 3. The summed E-state index contributed by atoms with van der Waals surface area (Å²) in [6, 6.07) is 7.87. The molecule has 24 heavy (non-hydrogen) atoms. The van der Waals surface area contributed by atoms with E-state index in [2.05, 4.69) is 30.8 Å². The van der Waals surface area contributed by atoms with E-state index in [0.717, 1.165) is 36.1 Å². The predicted molar refractivity (Wildman–Crippen MR) is 97.1 cm³/mol. The third kappa shape index (κ3) is 3.24. The van der Waals surface area contributed by atoms with Crippen molar-refractivity contribution in [3.8, 4) is 11.5 Å². The highest BCUT2D eigenvalue weighted by molar-refractivity contribution is 6.31. The molecule has 3 aromatic rings. The van der Waals surface area contributed by atoms with Gasteiger partial charge in [-0.2, -0.15) is 5.10 Å². The smallest absolute Gasteiger partial charge is 0.340 e. The fraction of sp³-hybridized carbons (Fsp3) is 0.267. The Morgan fingerprint density at radius 3 is 2.88 bits per heavy atom. The van der Waals surface area contributed by atoms with Gasteiger partial charge in [0.05, 0.1) is 0 Å². The van der Waals surface area contributed by atoms with Crippen LogP contribution in [0.2, 0.25) is 5.02 Å². The van der Waals surface area contributed by atoms with Gasteiger partial charge in [0.2, 0.25) is 0 Å². The fourth-order valence-electron chi connectivity index (χ4n) is 2.81. The molecule has 1 fully saturated rings. The lowest BCUT2D eigenvalue weighted by atomic mass is 10.1. The SMILES string of the molecule is Cl.O=c1[nH]nc(-c2cc3ccc(Cl)cc3c(N[C@H]3CCNC3)n2)[nH]1. The van der Waals surface area contributed by atoms with Gasteiger partial charge in [0.1, 0.15) is 11.5 Å². The van der Waals surface area contributed by atoms with Crippen molar-refractivity contribution in [2.75, 3.05) is 18.4 Å². The van der Waals surface area contributed by atoms with Gasteiger partial charge in [-0.25, -0.2) is 14.9 Å². The Labute approximate surface area is 148 Å². The van der Waals surface area contributed by atoms with E-state index in [1.54, 1.807) is 0 Å². The van der Waals surface area contributed by atoms with Gasteiger partial charge < -0.3 is 10.6 Å². The summed E-state index contributed by atoms with van der Waals surface area (Å²) < 4.78 is 0. The van der Waals surface area contributed by atoms with E-state index in [4.69, 9.17) is 11.6 Å². The number of nitrogens with one attached hydrogen (secondary N) is 4. The number of aromatic nitrogens is 4. The van der Waals surface area contributed by atoms with E-state index >= 15 is 0 Å². The molecule has 0 aliphatic carbocycles. The minimum atomic E-state index is -0.354. The minimum absolute atomic E-state index is 0. The van der Waals surface area contributed by atoms with E-state index < -0.39 is 0 Å². The molecule has 7 nitrogen and oxygen atoms in total. The normalized spacial score (nSPS) is 17.0. The number of pyridine rings is 1. The zero-order valence-electron chi connectivity index (χ0n) is 12.6. The summed E-state index contributed by atoms with van der Waals surface area (Å²) in [7, 11) is 0. The van der Waals surface area contributed by atoms with Crippen molar-refractivity contribution in [2.45, 2.75) is 12.5 Å². The number of anilines is 1. The topological polar surface area (TPSA) is 98.5 Å². The number of nitrogens with zero attached hydrogens (tertiary/aromatic N) is 2. The second-order valence-corrected chi connectivity index (χ2v) is 6.02. The molecule has 4 rings (SSSR count). The van der Waals surface area contributed by atoms with Crippen molar-refractivity contribution >= 4 is 40.6 Å². The van der Waals surface area contributed by atoms with Gasteiger partial charge in [-0.05, 0) is 36.6 Å². The monoisotopic (exact) mass is 366 g/mol. The maximum absolute atomic E-state index is 11.3. The highest BCUT2D eigenvalue weighted by Crippen LogP contribution is 2.29. The number of hydrogen-bond donors (Lipinski definition) is 4. The van der Waals surface area contributed by atoms with Crippen LogP contribution < -0.4 is 16.3 Å². The molecule has 126 valence electrons. The molecule has 1 aliphatic rings. The zero-order chi connectivity index (χ0) is 15.8. The molecule has 0 bridgehead atoms. The molecule has 9 heteroatoms. The Kier molecular flexibility index (Phi) is 4.75. The first-order valence-electron chi connectivity index (χ1n) is 7.42. The molecule has 0 saturated carbocycles. The minimum Gasteiger partial charge on any atom is -0.365 e. The standard InChI is InChI=1S/C15H15ClN6O.ClH/c16-9-2-1-8-5-12(14-20-15(23)22-21-14)19-13(11(8)6-9)18-10-3-4-17-7-10;/h1-2,5-6,10,17H,3-4,7H2,(H,18,19)(H2,20,21,22,23);1H/t10-;/m0./s1. The molecule has 0 radical (unpaired) electrons. The molecular weight excluding hydrogens is 351 g/mol. The lowest BCUT2D eigenvalue weighted by Gasteiger charge is -2.15. The third-order valence-electron chi connectivity index (χ3n) is 3.94. The molecule has 0 amide bonds. The van der Waals surface area contributed by atoms with Crippen LogP contribution in [0.3, 0.4) is 0 Å². The van der Waals surface area contributed by atoms with Crippen molar-refractivity contribution < 1.29 is 0 Å². The number of halogens is 2. The van der Waals surface area contributed by atoms with Crippen LogP contribution in [-0.4, -0.2) is 39.3 Å². The summed E-state index contributed by atoms with van der Waals surface area (Å²) >= 11 is 6.13.